The predicted molar refractivity (Wildman–Crippen MR) is 66.7 cm³/mol. The molecule has 1 aliphatic rings. The first kappa shape index (κ1) is 11.5. The van der Waals surface area contributed by atoms with Crippen LogP contribution in [0.5, 0.6) is 0 Å². The van der Waals surface area contributed by atoms with Crippen LogP contribution in [0, 0.1) is 5.41 Å². The molecule has 1 aromatic rings. The second-order valence-electron chi connectivity index (χ2n) is 5.23. The second-order valence-corrected chi connectivity index (χ2v) is 5.61. The van der Waals surface area contributed by atoms with Crippen molar-refractivity contribution in [3.05, 3.63) is 11.3 Å². The van der Waals surface area contributed by atoms with Gasteiger partial charge < -0.3 is 10.6 Å². The van der Waals surface area contributed by atoms with Crippen LogP contribution in [-0.4, -0.2) is 23.1 Å². The van der Waals surface area contributed by atoms with E-state index in [0.29, 0.717) is 22.3 Å². The third kappa shape index (κ3) is 1.94. The third-order valence-electron chi connectivity index (χ3n) is 3.26. The van der Waals surface area contributed by atoms with Gasteiger partial charge >= 0.3 is 0 Å². The zero-order chi connectivity index (χ0) is 11.9. The fraction of sp³-hybridized carbons (Fsp3) is 0.636. The topological polar surface area (TPSA) is 55.0 Å². The zero-order valence-corrected chi connectivity index (χ0v) is 10.6. The number of anilines is 2. The highest BCUT2D eigenvalue weighted by molar-refractivity contribution is 6.35. The van der Waals surface area contributed by atoms with E-state index in [1.165, 1.54) is 6.33 Å². The molecule has 0 saturated heterocycles. The lowest BCUT2D eigenvalue weighted by Crippen LogP contribution is -2.47. The molecule has 0 radical (unpaired) electrons. The molecule has 2 N–H and O–H groups in total. The van der Waals surface area contributed by atoms with Gasteiger partial charge in [0.15, 0.2) is 5.82 Å². The molecule has 0 aromatic carbocycles. The van der Waals surface area contributed by atoms with E-state index in [1.807, 2.05) is 7.05 Å². The smallest absolute Gasteiger partial charge is 0.153 e. The number of hydrogen-bond donors (Lipinski definition) is 1. The maximum Gasteiger partial charge on any atom is 0.153 e. The Morgan fingerprint density at radius 3 is 2.62 bits per heavy atom. The number of rotatable bonds is 2. The SMILES string of the molecule is CN(c1ncnc(N)c1Cl)C1CC(C)(C)C1. The van der Waals surface area contributed by atoms with Crippen LogP contribution in [0.15, 0.2) is 6.33 Å². The molecule has 16 heavy (non-hydrogen) atoms. The van der Waals surface area contributed by atoms with Gasteiger partial charge in [-0.05, 0) is 18.3 Å². The lowest BCUT2D eigenvalue weighted by atomic mass is 9.68. The van der Waals surface area contributed by atoms with Crippen LogP contribution in [-0.2, 0) is 0 Å². The van der Waals surface area contributed by atoms with Crippen molar-refractivity contribution in [3.8, 4) is 0 Å². The highest BCUT2D eigenvalue weighted by Gasteiger charge is 2.39. The monoisotopic (exact) mass is 240 g/mol. The molecule has 1 aromatic heterocycles. The Kier molecular flexibility index (Phi) is 2.70. The zero-order valence-electron chi connectivity index (χ0n) is 9.87. The summed E-state index contributed by atoms with van der Waals surface area (Å²) in [6, 6.07) is 0.502. The largest absolute Gasteiger partial charge is 0.382 e. The molecular formula is C11H17ClN4. The van der Waals surface area contributed by atoms with Crippen LogP contribution < -0.4 is 10.6 Å². The molecule has 1 saturated carbocycles. The summed E-state index contributed by atoms with van der Waals surface area (Å²) < 4.78 is 0. The lowest BCUT2D eigenvalue weighted by molar-refractivity contribution is 0.150. The van der Waals surface area contributed by atoms with Crippen molar-refractivity contribution in [1.29, 1.82) is 0 Å². The van der Waals surface area contributed by atoms with Gasteiger partial charge in [0.05, 0.1) is 0 Å². The van der Waals surface area contributed by atoms with Crippen molar-refractivity contribution in [2.45, 2.75) is 32.7 Å². The summed E-state index contributed by atoms with van der Waals surface area (Å²) in [5, 5.41) is 0.453. The average molecular weight is 241 g/mol. The van der Waals surface area contributed by atoms with Gasteiger partial charge in [0, 0.05) is 13.1 Å². The summed E-state index contributed by atoms with van der Waals surface area (Å²) in [4.78, 5) is 10.2. The van der Waals surface area contributed by atoms with Crippen molar-refractivity contribution in [2.24, 2.45) is 5.41 Å². The minimum absolute atomic E-state index is 0.345. The fourth-order valence-corrected chi connectivity index (χ4v) is 2.51. The Morgan fingerprint density at radius 1 is 1.44 bits per heavy atom. The van der Waals surface area contributed by atoms with E-state index >= 15 is 0 Å². The van der Waals surface area contributed by atoms with Gasteiger partial charge in [0.2, 0.25) is 0 Å². The van der Waals surface area contributed by atoms with Crippen LogP contribution in [0.3, 0.4) is 0 Å². The van der Waals surface area contributed by atoms with Gasteiger partial charge in [-0.3, -0.25) is 0 Å². The highest BCUT2D eigenvalue weighted by Crippen LogP contribution is 2.44. The van der Waals surface area contributed by atoms with Crippen LogP contribution in [0.1, 0.15) is 26.7 Å². The van der Waals surface area contributed by atoms with Gasteiger partial charge in [-0.15, -0.1) is 0 Å². The number of nitrogen functional groups attached to an aromatic ring is 1. The first-order valence-corrected chi connectivity index (χ1v) is 5.77. The van der Waals surface area contributed by atoms with E-state index in [9.17, 15) is 0 Å². The summed E-state index contributed by atoms with van der Waals surface area (Å²) >= 11 is 6.09. The van der Waals surface area contributed by atoms with E-state index in [1.54, 1.807) is 0 Å². The maximum atomic E-state index is 6.09. The number of halogens is 1. The van der Waals surface area contributed by atoms with E-state index in [-0.39, 0.29) is 0 Å². The number of nitrogens with two attached hydrogens (primary N) is 1. The van der Waals surface area contributed by atoms with Crippen molar-refractivity contribution in [1.82, 2.24) is 9.97 Å². The summed E-state index contributed by atoms with van der Waals surface area (Å²) in [6.07, 6.45) is 3.77. The molecule has 0 unspecified atom stereocenters. The molecule has 1 heterocycles. The van der Waals surface area contributed by atoms with E-state index < -0.39 is 0 Å². The fourth-order valence-electron chi connectivity index (χ4n) is 2.28. The quantitative estimate of drug-likeness (QED) is 0.862. The molecule has 0 aliphatic heterocycles. The third-order valence-corrected chi connectivity index (χ3v) is 3.62. The van der Waals surface area contributed by atoms with Crippen molar-refractivity contribution < 1.29 is 0 Å². The normalized spacial score (nSPS) is 19.2. The molecule has 0 spiro atoms. The standard InChI is InChI=1S/C11H17ClN4/c1-11(2)4-7(5-11)16(3)10-8(12)9(13)14-6-15-10/h6-7H,4-5H2,1-3H3,(H2,13,14,15). The highest BCUT2D eigenvalue weighted by atomic mass is 35.5. The molecule has 4 nitrogen and oxygen atoms in total. The van der Waals surface area contributed by atoms with E-state index in [2.05, 4.69) is 28.7 Å². The van der Waals surface area contributed by atoms with Crippen LogP contribution in [0.4, 0.5) is 11.6 Å². The molecule has 0 amide bonds. The van der Waals surface area contributed by atoms with Crippen molar-refractivity contribution in [3.63, 3.8) is 0 Å². The van der Waals surface area contributed by atoms with Crippen LogP contribution >= 0.6 is 11.6 Å². The maximum absolute atomic E-state index is 6.09. The number of hydrogen-bond acceptors (Lipinski definition) is 4. The molecule has 0 bridgehead atoms. The molecule has 2 rings (SSSR count). The summed E-state index contributed by atoms with van der Waals surface area (Å²) in [5.74, 6) is 1.08. The number of aromatic nitrogens is 2. The first-order valence-electron chi connectivity index (χ1n) is 5.39. The average Bonchev–Trinajstić information content (AvgIpc) is 2.17. The number of nitrogens with zero attached hydrogens (tertiary/aromatic N) is 3. The van der Waals surface area contributed by atoms with Gasteiger partial charge in [0.25, 0.3) is 0 Å². The molecule has 0 atom stereocenters. The van der Waals surface area contributed by atoms with Gasteiger partial charge in [-0.2, -0.15) is 0 Å². The van der Waals surface area contributed by atoms with Crippen LogP contribution in [0.25, 0.3) is 0 Å². The Labute approximate surface area is 101 Å². The van der Waals surface area contributed by atoms with E-state index in [0.717, 1.165) is 18.7 Å². The van der Waals surface area contributed by atoms with Crippen LogP contribution in [0.2, 0.25) is 5.02 Å². The molecule has 1 aliphatic carbocycles. The minimum Gasteiger partial charge on any atom is -0.382 e. The van der Waals surface area contributed by atoms with Crippen molar-refractivity contribution >= 4 is 23.2 Å². The molecule has 5 heteroatoms. The predicted octanol–water partition coefficient (Wildman–Crippen LogP) is 2.34. The summed E-state index contributed by atoms with van der Waals surface area (Å²) in [5.41, 5.74) is 6.10. The minimum atomic E-state index is 0.345. The van der Waals surface area contributed by atoms with Gasteiger partial charge in [-0.1, -0.05) is 25.4 Å². The molecular weight excluding hydrogens is 224 g/mol. The molecule has 1 fully saturated rings. The molecule has 88 valence electrons. The van der Waals surface area contributed by atoms with Gasteiger partial charge in [0.1, 0.15) is 17.2 Å². The Bertz CT molecular complexity index is 397. The Hall–Kier alpha value is -1.03. The summed E-state index contributed by atoms with van der Waals surface area (Å²) in [6.45, 7) is 4.54. The van der Waals surface area contributed by atoms with Gasteiger partial charge in [-0.25, -0.2) is 9.97 Å². The van der Waals surface area contributed by atoms with Crippen molar-refractivity contribution in [2.75, 3.05) is 17.7 Å². The summed E-state index contributed by atoms with van der Waals surface area (Å²) in [7, 11) is 2.01. The lowest BCUT2D eigenvalue weighted by Gasteiger charge is -2.47. The van der Waals surface area contributed by atoms with E-state index in [4.69, 9.17) is 17.3 Å². The first-order chi connectivity index (χ1) is 7.41. The second kappa shape index (κ2) is 3.77. The Morgan fingerprint density at radius 2 is 2.06 bits per heavy atom. The Balaban J connectivity index is 2.16.